The normalized spacial score (nSPS) is 10.8. The number of carbonyl (C=O) groups is 2. The van der Waals surface area contributed by atoms with Crippen LogP contribution >= 0.6 is 15.9 Å². The Morgan fingerprint density at radius 1 is 1.09 bits per heavy atom. The highest BCUT2D eigenvalue weighted by Crippen LogP contribution is 2.28. The quantitative estimate of drug-likeness (QED) is 0.131. The van der Waals surface area contributed by atoms with Crippen molar-refractivity contribution in [1.82, 2.24) is 5.43 Å². The number of unbranched alkanes of at least 4 members (excludes halogenated alkanes) is 1. The van der Waals surface area contributed by atoms with Crippen LogP contribution in [0.4, 0.5) is 0 Å². The Kier molecular flexibility index (Phi) is 8.65. The molecular weight excluding hydrogens is 492 g/mol. The number of carbonyl (C=O) groups excluding carboxylic acids is 2. The van der Waals surface area contributed by atoms with Gasteiger partial charge in [-0.25, -0.2) is 10.2 Å². The van der Waals surface area contributed by atoms with E-state index in [0.29, 0.717) is 33.9 Å². The van der Waals surface area contributed by atoms with Gasteiger partial charge in [0.25, 0.3) is 0 Å². The molecule has 3 rings (SSSR count). The van der Waals surface area contributed by atoms with E-state index in [9.17, 15) is 9.59 Å². The fraction of sp³-hybridized carbons (Fsp3) is 0.208. The van der Waals surface area contributed by atoms with Crippen LogP contribution in [0, 0.1) is 0 Å². The lowest BCUT2D eigenvalue weighted by Crippen LogP contribution is -2.16. The van der Waals surface area contributed by atoms with Gasteiger partial charge in [0.2, 0.25) is 0 Å². The molecule has 3 aromatic rings. The third-order valence-electron chi connectivity index (χ3n) is 4.42. The van der Waals surface area contributed by atoms with E-state index in [4.69, 9.17) is 18.6 Å². The molecule has 0 saturated heterocycles. The minimum Gasteiger partial charge on any atom is -0.494 e. The maximum atomic E-state index is 12.5. The van der Waals surface area contributed by atoms with Crippen molar-refractivity contribution in [2.45, 2.75) is 19.8 Å². The van der Waals surface area contributed by atoms with E-state index < -0.39 is 11.9 Å². The van der Waals surface area contributed by atoms with Crippen LogP contribution in [0.2, 0.25) is 0 Å². The van der Waals surface area contributed by atoms with Gasteiger partial charge in [-0.1, -0.05) is 13.3 Å². The van der Waals surface area contributed by atoms with Crippen molar-refractivity contribution in [3.8, 4) is 17.2 Å². The van der Waals surface area contributed by atoms with E-state index in [-0.39, 0.29) is 11.5 Å². The number of ether oxygens (including phenoxy) is 3. The first-order valence-corrected chi connectivity index (χ1v) is 11.0. The van der Waals surface area contributed by atoms with E-state index >= 15 is 0 Å². The molecule has 33 heavy (non-hydrogen) atoms. The van der Waals surface area contributed by atoms with Crippen molar-refractivity contribution in [3.63, 3.8) is 0 Å². The predicted molar refractivity (Wildman–Crippen MR) is 126 cm³/mol. The molecule has 1 N–H and O–H groups in total. The van der Waals surface area contributed by atoms with Gasteiger partial charge in [0, 0.05) is 0 Å². The number of rotatable bonds is 10. The molecule has 172 valence electrons. The molecule has 2 aromatic carbocycles. The first-order valence-electron chi connectivity index (χ1n) is 10.2. The molecular formula is C24H23BrN2O6. The van der Waals surface area contributed by atoms with Gasteiger partial charge >= 0.3 is 11.9 Å². The zero-order chi connectivity index (χ0) is 23.6. The Labute approximate surface area is 199 Å². The summed E-state index contributed by atoms with van der Waals surface area (Å²) in [5, 5.41) is 3.90. The molecule has 0 aliphatic carbocycles. The molecule has 1 aromatic heterocycles. The Hall–Kier alpha value is -3.59. The van der Waals surface area contributed by atoms with Crippen LogP contribution in [0.15, 0.2) is 68.8 Å². The average Bonchev–Trinajstić information content (AvgIpc) is 3.27. The van der Waals surface area contributed by atoms with Gasteiger partial charge in [0.05, 0.1) is 25.5 Å². The van der Waals surface area contributed by atoms with E-state index in [1.807, 2.05) is 0 Å². The number of benzene rings is 2. The Balaban J connectivity index is 1.60. The lowest BCUT2D eigenvalue weighted by atomic mass is 10.2. The van der Waals surface area contributed by atoms with E-state index in [2.05, 4.69) is 33.4 Å². The summed E-state index contributed by atoms with van der Waals surface area (Å²) in [5.74, 6) is 0.413. The van der Waals surface area contributed by atoms with Gasteiger partial charge in [0.15, 0.2) is 21.9 Å². The molecule has 1 amide bonds. The maximum Gasteiger partial charge on any atom is 0.343 e. The van der Waals surface area contributed by atoms with Gasteiger partial charge in [-0.3, -0.25) is 4.79 Å². The largest absolute Gasteiger partial charge is 0.494 e. The molecule has 0 spiro atoms. The van der Waals surface area contributed by atoms with Crippen molar-refractivity contribution in [1.29, 1.82) is 0 Å². The Morgan fingerprint density at radius 3 is 2.55 bits per heavy atom. The molecule has 0 bridgehead atoms. The molecule has 9 heteroatoms. The van der Waals surface area contributed by atoms with Crippen molar-refractivity contribution in [3.05, 3.63) is 76.2 Å². The minimum atomic E-state index is -0.522. The summed E-state index contributed by atoms with van der Waals surface area (Å²) in [6, 6.07) is 14.8. The van der Waals surface area contributed by atoms with Crippen LogP contribution in [0.3, 0.4) is 0 Å². The molecule has 0 radical (unpaired) electrons. The molecule has 0 fully saturated rings. The Bertz CT molecular complexity index is 1120. The minimum absolute atomic E-state index is 0.124. The highest BCUT2D eigenvalue weighted by molar-refractivity contribution is 9.10. The number of nitrogens with zero attached hydrogens (tertiary/aromatic N) is 1. The second-order valence-corrected chi connectivity index (χ2v) is 7.61. The van der Waals surface area contributed by atoms with Crippen LogP contribution < -0.4 is 19.6 Å². The number of hydrogen-bond donors (Lipinski definition) is 1. The van der Waals surface area contributed by atoms with Gasteiger partial charge in [0.1, 0.15) is 5.75 Å². The number of methoxy groups -OCH3 is 1. The third-order valence-corrected chi connectivity index (χ3v) is 4.85. The molecule has 0 aliphatic heterocycles. The summed E-state index contributed by atoms with van der Waals surface area (Å²) >= 11 is 3.13. The smallest absolute Gasteiger partial charge is 0.343 e. The summed E-state index contributed by atoms with van der Waals surface area (Å²) in [4.78, 5) is 24.5. The summed E-state index contributed by atoms with van der Waals surface area (Å²) in [5.41, 5.74) is 3.38. The van der Waals surface area contributed by atoms with Crippen molar-refractivity contribution >= 4 is 34.0 Å². The monoisotopic (exact) mass is 514 g/mol. The second-order valence-electron chi connectivity index (χ2n) is 6.83. The highest BCUT2D eigenvalue weighted by atomic mass is 79.9. The predicted octanol–water partition coefficient (Wildman–Crippen LogP) is 5.21. The van der Waals surface area contributed by atoms with E-state index in [0.717, 1.165) is 12.8 Å². The van der Waals surface area contributed by atoms with Crippen molar-refractivity contribution in [2.75, 3.05) is 13.7 Å². The molecule has 0 saturated carbocycles. The maximum absolute atomic E-state index is 12.5. The summed E-state index contributed by atoms with van der Waals surface area (Å²) in [6.45, 7) is 2.73. The number of hydrogen-bond acceptors (Lipinski definition) is 7. The van der Waals surface area contributed by atoms with Crippen molar-refractivity contribution < 1.29 is 28.2 Å². The van der Waals surface area contributed by atoms with E-state index in [1.165, 1.54) is 19.4 Å². The number of esters is 1. The number of nitrogens with one attached hydrogen (secondary N) is 1. The fourth-order valence-electron chi connectivity index (χ4n) is 2.69. The summed E-state index contributed by atoms with van der Waals surface area (Å²) in [7, 11) is 1.46. The molecule has 0 unspecified atom stereocenters. The molecule has 8 nitrogen and oxygen atoms in total. The SMILES string of the molecule is CCCCOc1ccc(C(=O)Oc2ccc(/C=N\NC(=O)c3ccc(Br)o3)cc2OC)cc1. The molecule has 0 aliphatic rings. The first kappa shape index (κ1) is 24.1. The lowest BCUT2D eigenvalue weighted by Gasteiger charge is -2.10. The summed E-state index contributed by atoms with van der Waals surface area (Å²) in [6.07, 6.45) is 3.45. The molecule has 0 atom stereocenters. The van der Waals surface area contributed by atoms with Crippen LogP contribution in [-0.2, 0) is 0 Å². The first-order chi connectivity index (χ1) is 16.0. The number of halogens is 1. The second kappa shape index (κ2) is 11.9. The summed E-state index contributed by atoms with van der Waals surface area (Å²) < 4.78 is 22.0. The zero-order valence-electron chi connectivity index (χ0n) is 18.2. The number of furan rings is 1. The number of amides is 1. The average molecular weight is 515 g/mol. The van der Waals surface area contributed by atoms with Crippen LogP contribution in [0.1, 0.15) is 46.2 Å². The fourth-order valence-corrected chi connectivity index (χ4v) is 2.99. The van der Waals surface area contributed by atoms with Gasteiger partial charge in [-0.15, -0.1) is 0 Å². The van der Waals surface area contributed by atoms with Gasteiger partial charge < -0.3 is 18.6 Å². The van der Waals surface area contributed by atoms with Crippen LogP contribution in [0.25, 0.3) is 0 Å². The standard InChI is InChI=1S/C24H23BrN2O6/c1-3-4-13-31-18-8-6-17(7-9-18)24(29)33-19-10-5-16(14-21(19)30-2)15-26-27-23(28)20-11-12-22(25)32-20/h5-12,14-15H,3-4,13H2,1-2H3,(H,27,28)/b26-15-. The topological polar surface area (TPSA) is 99.4 Å². The van der Waals surface area contributed by atoms with E-state index in [1.54, 1.807) is 48.5 Å². The lowest BCUT2D eigenvalue weighted by molar-refractivity contribution is 0.0729. The van der Waals surface area contributed by atoms with Crippen LogP contribution in [0.5, 0.6) is 17.2 Å². The highest BCUT2D eigenvalue weighted by Gasteiger charge is 2.13. The van der Waals surface area contributed by atoms with Crippen molar-refractivity contribution in [2.24, 2.45) is 5.10 Å². The zero-order valence-corrected chi connectivity index (χ0v) is 19.8. The van der Waals surface area contributed by atoms with Crippen LogP contribution in [-0.4, -0.2) is 31.8 Å². The van der Waals surface area contributed by atoms with Gasteiger partial charge in [-0.2, -0.15) is 5.10 Å². The van der Waals surface area contributed by atoms with Gasteiger partial charge in [-0.05, 0) is 82.5 Å². The third kappa shape index (κ3) is 6.95. The number of hydrazone groups is 1. The Morgan fingerprint density at radius 2 is 1.88 bits per heavy atom. The molecule has 1 heterocycles.